The third-order valence-electron chi connectivity index (χ3n) is 4.80. The Bertz CT molecular complexity index is 1030. The molecule has 3 aromatic rings. The molecule has 4 rings (SSSR count). The van der Waals surface area contributed by atoms with Gasteiger partial charge in [-0.1, -0.05) is 24.8 Å². The van der Waals surface area contributed by atoms with E-state index in [1.54, 1.807) is 29.2 Å². The highest BCUT2D eigenvalue weighted by Crippen LogP contribution is 2.40. The van der Waals surface area contributed by atoms with Gasteiger partial charge in [-0.2, -0.15) is 5.10 Å². The average molecular weight is 360 g/mol. The van der Waals surface area contributed by atoms with E-state index in [1.165, 1.54) is 0 Å². The summed E-state index contributed by atoms with van der Waals surface area (Å²) in [7, 11) is 1.64. The first-order valence-corrected chi connectivity index (χ1v) is 8.80. The molecule has 27 heavy (non-hydrogen) atoms. The van der Waals surface area contributed by atoms with E-state index in [9.17, 15) is 4.79 Å². The monoisotopic (exact) mass is 360 g/mol. The van der Waals surface area contributed by atoms with Crippen LogP contribution < -0.4 is 14.5 Å². The third kappa shape index (κ3) is 2.79. The number of amides is 2. The van der Waals surface area contributed by atoms with Crippen molar-refractivity contribution in [2.45, 2.75) is 13.5 Å². The number of rotatable bonds is 5. The van der Waals surface area contributed by atoms with Crippen LogP contribution in [0, 0.1) is 0 Å². The van der Waals surface area contributed by atoms with Crippen LogP contribution in [0.15, 0.2) is 49.2 Å². The van der Waals surface area contributed by atoms with Crippen LogP contribution in [-0.4, -0.2) is 29.9 Å². The summed E-state index contributed by atoms with van der Waals surface area (Å²) in [6.07, 6.45) is 3.50. The number of methoxy groups -OCH3 is 1. The van der Waals surface area contributed by atoms with Crippen molar-refractivity contribution < 1.29 is 9.53 Å². The number of nitrogens with zero attached hydrogens (tertiary/aromatic N) is 4. The topological polar surface area (TPSA) is 58.6 Å². The zero-order valence-corrected chi connectivity index (χ0v) is 15.3. The minimum absolute atomic E-state index is 0.108. The summed E-state index contributed by atoms with van der Waals surface area (Å²) < 4.78 is 5.22. The number of urea groups is 1. The van der Waals surface area contributed by atoms with Crippen molar-refractivity contribution in [3.8, 4) is 5.75 Å². The minimum atomic E-state index is -0.108. The molecule has 6 nitrogen and oxygen atoms in total. The molecular formula is C21H20N4O2. The van der Waals surface area contributed by atoms with Crippen LogP contribution in [0.4, 0.5) is 16.3 Å². The van der Waals surface area contributed by atoms with E-state index >= 15 is 0 Å². The quantitative estimate of drug-likeness (QED) is 0.683. The molecule has 2 aromatic carbocycles. The summed E-state index contributed by atoms with van der Waals surface area (Å²) >= 11 is 0. The highest BCUT2D eigenvalue weighted by molar-refractivity contribution is 6.18. The number of aromatic nitrogens is 2. The SMILES string of the molecule is C=Cc1cc2c3c(nncc3c1)N(CC)C(=O)N2Cc1ccc(OC)cc1. The summed E-state index contributed by atoms with van der Waals surface area (Å²) in [5.74, 6) is 1.40. The third-order valence-corrected chi connectivity index (χ3v) is 4.80. The molecule has 1 aliphatic heterocycles. The van der Waals surface area contributed by atoms with Gasteiger partial charge in [0.05, 0.1) is 30.9 Å². The van der Waals surface area contributed by atoms with Crippen LogP contribution in [0.25, 0.3) is 16.8 Å². The molecule has 0 N–H and O–H groups in total. The fraction of sp³-hybridized carbons (Fsp3) is 0.190. The Morgan fingerprint density at radius 1 is 1.19 bits per heavy atom. The summed E-state index contributed by atoms with van der Waals surface area (Å²) in [6, 6.07) is 11.6. The molecule has 0 unspecified atom stereocenters. The van der Waals surface area contributed by atoms with Crippen molar-refractivity contribution >= 4 is 34.4 Å². The summed E-state index contributed by atoms with van der Waals surface area (Å²) in [4.78, 5) is 16.7. The lowest BCUT2D eigenvalue weighted by Crippen LogP contribution is -2.46. The Balaban J connectivity index is 1.87. The first kappa shape index (κ1) is 17.0. The molecule has 2 heterocycles. The molecule has 0 fully saturated rings. The van der Waals surface area contributed by atoms with Gasteiger partial charge < -0.3 is 4.74 Å². The molecule has 2 amide bonds. The molecular weight excluding hydrogens is 340 g/mol. The fourth-order valence-corrected chi connectivity index (χ4v) is 3.42. The van der Waals surface area contributed by atoms with E-state index < -0.39 is 0 Å². The Labute approximate surface area is 157 Å². The van der Waals surface area contributed by atoms with Crippen molar-refractivity contribution in [2.75, 3.05) is 23.5 Å². The van der Waals surface area contributed by atoms with Gasteiger partial charge in [0.1, 0.15) is 5.75 Å². The van der Waals surface area contributed by atoms with E-state index in [2.05, 4.69) is 16.8 Å². The van der Waals surface area contributed by atoms with Gasteiger partial charge in [-0.25, -0.2) is 4.79 Å². The highest BCUT2D eigenvalue weighted by atomic mass is 16.5. The summed E-state index contributed by atoms with van der Waals surface area (Å²) in [5.41, 5.74) is 2.79. The number of carbonyl (C=O) groups excluding carboxylic acids is 1. The van der Waals surface area contributed by atoms with Crippen molar-refractivity contribution in [3.05, 3.63) is 60.3 Å². The van der Waals surface area contributed by atoms with Gasteiger partial charge in [-0.05, 0) is 42.3 Å². The molecule has 0 atom stereocenters. The first-order chi connectivity index (χ1) is 13.2. The van der Waals surface area contributed by atoms with Crippen LogP contribution in [0.3, 0.4) is 0 Å². The molecule has 0 saturated carbocycles. The van der Waals surface area contributed by atoms with Gasteiger partial charge in [0.25, 0.3) is 0 Å². The van der Waals surface area contributed by atoms with Gasteiger partial charge in [-0.3, -0.25) is 9.80 Å². The summed E-state index contributed by atoms with van der Waals surface area (Å²) in [5, 5.41) is 10.2. The number of carbonyl (C=O) groups is 1. The van der Waals surface area contributed by atoms with Gasteiger partial charge in [0, 0.05) is 11.9 Å². The number of benzene rings is 2. The largest absolute Gasteiger partial charge is 0.497 e. The molecule has 1 aromatic heterocycles. The number of hydrogen-bond acceptors (Lipinski definition) is 4. The van der Waals surface area contributed by atoms with E-state index in [0.717, 1.165) is 33.3 Å². The van der Waals surface area contributed by atoms with Gasteiger partial charge in [0.2, 0.25) is 0 Å². The molecule has 0 radical (unpaired) electrons. The second kappa shape index (κ2) is 6.72. The molecule has 6 heteroatoms. The van der Waals surface area contributed by atoms with Crippen molar-refractivity contribution in [1.29, 1.82) is 0 Å². The zero-order valence-electron chi connectivity index (χ0n) is 15.3. The Hall–Kier alpha value is -3.41. The molecule has 0 aliphatic carbocycles. The van der Waals surface area contributed by atoms with Crippen molar-refractivity contribution in [3.63, 3.8) is 0 Å². The minimum Gasteiger partial charge on any atom is -0.497 e. The van der Waals surface area contributed by atoms with E-state index in [4.69, 9.17) is 4.74 Å². The summed E-state index contributed by atoms with van der Waals surface area (Å²) in [6.45, 7) is 6.78. The van der Waals surface area contributed by atoms with Crippen LogP contribution in [0.2, 0.25) is 0 Å². The smallest absolute Gasteiger partial charge is 0.330 e. The van der Waals surface area contributed by atoms with Gasteiger partial charge >= 0.3 is 6.03 Å². The van der Waals surface area contributed by atoms with Crippen LogP contribution >= 0.6 is 0 Å². The molecule has 0 bridgehead atoms. The lowest BCUT2D eigenvalue weighted by atomic mass is 10.0. The second-order valence-corrected chi connectivity index (χ2v) is 6.34. The van der Waals surface area contributed by atoms with Crippen molar-refractivity contribution in [2.24, 2.45) is 0 Å². The standard InChI is InChI=1S/C21H20N4O2/c1-4-14-10-16-12-22-23-20-19(16)18(11-14)25(21(26)24(20)5-2)13-15-6-8-17(27-3)9-7-15/h4,6-12H,1,5,13H2,2-3H3. The molecule has 0 saturated heterocycles. The maximum absolute atomic E-state index is 13.2. The van der Waals surface area contributed by atoms with Crippen LogP contribution in [0.5, 0.6) is 5.75 Å². The highest BCUT2D eigenvalue weighted by Gasteiger charge is 2.33. The maximum atomic E-state index is 13.2. The molecule has 0 spiro atoms. The van der Waals surface area contributed by atoms with Gasteiger partial charge in [-0.15, -0.1) is 5.10 Å². The number of ether oxygens (including phenoxy) is 1. The predicted octanol–water partition coefficient (Wildman–Crippen LogP) is 4.25. The van der Waals surface area contributed by atoms with Crippen LogP contribution in [-0.2, 0) is 6.54 Å². The van der Waals surface area contributed by atoms with Gasteiger partial charge in [0.15, 0.2) is 5.82 Å². The fourth-order valence-electron chi connectivity index (χ4n) is 3.42. The van der Waals surface area contributed by atoms with E-state index in [1.807, 2.05) is 43.3 Å². The Morgan fingerprint density at radius 2 is 1.96 bits per heavy atom. The van der Waals surface area contributed by atoms with E-state index in [0.29, 0.717) is 18.9 Å². The normalized spacial score (nSPS) is 13.2. The van der Waals surface area contributed by atoms with Crippen LogP contribution in [0.1, 0.15) is 18.1 Å². The van der Waals surface area contributed by atoms with Crippen molar-refractivity contribution in [1.82, 2.24) is 10.2 Å². The lowest BCUT2D eigenvalue weighted by Gasteiger charge is -2.35. The Kier molecular flexibility index (Phi) is 4.24. The number of anilines is 2. The first-order valence-electron chi connectivity index (χ1n) is 8.80. The molecule has 1 aliphatic rings. The predicted molar refractivity (Wildman–Crippen MR) is 107 cm³/mol. The second-order valence-electron chi connectivity index (χ2n) is 6.34. The molecule has 136 valence electrons. The van der Waals surface area contributed by atoms with E-state index in [-0.39, 0.29) is 6.03 Å². The Morgan fingerprint density at radius 3 is 2.63 bits per heavy atom. The lowest BCUT2D eigenvalue weighted by molar-refractivity contribution is 0.251. The maximum Gasteiger partial charge on any atom is 0.330 e. The average Bonchev–Trinajstić information content (AvgIpc) is 2.71. The number of hydrogen-bond donors (Lipinski definition) is 0. The zero-order chi connectivity index (χ0) is 19.0.